The van der Waals surface area contributed by atoms with E-state index in [9.17, 15) is 0 Å². The molecular weight excluding hydrogens is 142 g/mol. The Balaban J connectivity index is 3.46. The highest BCUT2D eigenvalue weighted by Crippen LogP contribution is 2.24. The second-order valence-corrected chi connectivity index (χ2v) is 5.03. The van der Waals surface area contributed by atoms with Gasteiger partial charge in [0.1, 0.15) is 0 Å². The molecule has 0 aromatic heterocycles. The highest BCUT2D eigenvalue weighted by atomic mass is 32.2. The van der Waals surface area contributed by atoms with E-state index in [1.807, 2.05) is 11.8 Å². The molecule has 0 radical (unpaired) electrons. The molecule has 0 aliphatic carbocycles. The maximum absolute atomic E-state index is 2.29. The lowest BCUT2D eigenvalue weighted by molar-refractivity contribution is 0.381. The molecule has 0 saturated carbocycles. The third-order valence-corrected chi connectivity index (χ3v) is 3.02. The van der Waals surface area contributed by atoms with Crippen molar-refractivity contribution in [3.05, 3.63) is 0 Å². The number of nitrogens with zero attached hydrogens (tertiary/aromatic N) is 1. The molecule has 0 N–H and O–H groups in total. The van der Waals surface area contributed by atoms with Crippen LogP contribution in [0.15, 0.2) is 0 Å². The van der Waals surface area contributed by atoms with E-state index in [1.165, 1.54) is 13.0 Å². The molecule has 10 heavy (non-hydrogen) atoms. The summed E-state index contributed by atoms with van der Waals surface area (Å²) in [5, 5.41) is 0. The largest absolute Gasteiger partial charge is 0.309 e. The second kappa shape index (κ2) is 4.24. The minimum absolute atomic E-state index is 0.449. The van der Waals surface area contributed by atoms with Gasteiger partial charge in [-0.15, -0.1) is 0 Å². The zero-order valence-corrected chi connectivity index (χ0v) is 8.59. The molecule has 0 atom stereocenters. The van der Waals surface area contributed by atoms with E-state index in [1.54, 1.807) is 0 Å². The van der Waals surface area contributed by atoms with Crippen molar-refractivity contribution in [2.24, 2.45) is 0 Å². The molecule has 0 aromatic carbocycles. The average Bonchev–Trinajstić information content (AvgIpc) is 1.85. The van der Waals surface area contributed by atoms with Gasteiger partial charge in [0.25, 0.3) is 0 Å². The zero-order chi connectivity index (χ0) is 8.20. The first-order valence-electron chi connectivity index (χ1n) is 3.68. The van der Waals surface area contributed by atoms with Gasteiger partial charge in [0.05, 0.1) is 0 Å². The third-order valence-electron chi connectivity index (χ3n) is 1.71. The molecule has 0 rings (SSSR count). The minimum Gasteiger partial charge on any atom is -0.309 e. The maximum atomic E-state index is 2.29. The molecule has 0 aliphatic heterocycles. The summed E-state index contributed by atoms with van der Waals surface area (Å²) < 4.78 is 0.449. The lowest BCUT2D eigenvalue weighted by Crippen LogP contribution is -2.23. The van der Waals surface area contributed by atoms with E-state index in [-0.39, 0.29) is 0 Å². The predicted octanol–water partition coefficient (Wildman–Crippen LogP) is 2.08. The van der Waals surface area contributed by atoms with Gasteiger partial charge in [-0.1, -0.05) is 13.8 Å². The summed E-state index contributed by atoms with van der Waals surface area (Å²) in [5.41, 5.74) is 0. The summed E-state index contributed by atoms with van der Waals surface area (Å²) in [6, 6.07) is 0. The van der Waals surface area contributed by atoms with Crippen molar-refractivity contribution in [3.63, 3.8) is 0 Å². The van der Waals surface area contributed by atoms with E-state index in [2.05, 4.69) is 39.1 Å². The molecule has 1 nitrogen and oxygen atoms in total. The normalized spacial score (nSPS) is 12.6. The van der Waals surface area contributed by atoms with E-state index in [4.69, 9.17) is 0 Å². The Morgan fingerprint density at radius 2 is 1.80 bits per heavy atom. The standard InChI is InChI=1S/C8H19NS/c1-8(2,10-5)6-7-9(3)4/h6-7H2,1-5H3. The van der Waals surface area contributed by atoms with Gasteiger partial charge in [-0.3, -0.25) is 0 Å². The van der Waals surface area contributed by atoms with Crippen LogP contribution in [-0.4, -0.2) is 36.5 Å². The predicted molar refractivity (Wildman–Crippen MR) is 50.8 cm³/mol. The lowest BCUT2D eigenvalue weighted by atomic mass is 10.1. The van der Waals surface area contributed by atoms with Gasteiger partial charge in [0, 0.05) is 4.75 Å². The molecule has 0 unspecified atom stereocenters. The van der Waals surface area contributed by atoms with Crippen molar-refractivity contribution in [3.8, 4) is 0 Å². The Bertz CT molecular complexity index is 89.3. The molecule has 0 amide bonds. The van der Waals surface area contributed by atoms with Crippen molar-refractivity contribution < 1.29 is 0 Å². The smallest absolute Gasteiger partial charge is 0.0113 e. The number of hydrogen-bond donors (Lipinski definition) is 0. The van der Waals surface area contributed by atoms with E-state index >= 15 is 0 Å². The van der Waals surface area contributed by atoms with Gasteiger partial charge in [0.15, 0.2) is 0 Å². The fourth-order valence-corrected chi connectivity index (χ4v) is 0.890. The fourth-order valence-electron chi connectivity index (χ4n) is 0.595. The molecular formula is C8H19NS. The summed E-state index contributed by atoms with van der Waals surface area (Å²) in [5.74, 6) is 0. The molecule has 0 fully saturated rings. The first-order valence-corrected chi connectivity index (χ1v) is 4.90. The quantitative estimate of drug-likeness (QED) is 0.621. The minimum atomic E-state index is 0.449. The molecule has 0 spiro atoms. The van der Waals surface area contributed by atoms with Crippen LogP contribution in [0.2, 0.25) is 0 Å². The summed E-state index contributed by atoms with van der Waals surface area (Å²) >= 11 is 1.94. The number of rotatable bonds is 4. The molecule has 2 heteroatoms. The zero-order valence-electron chi connectivity index (χ0n) is 7.77. The summed E-state index contributed by atoms with van der Waals surface area (Å²) in [7, 11) is 4.24. The number of hydrogen-bond acceptors (Lipinski definition) is 2. The van der Waals surface area contributed by atoms with Crippen molar-refractivity contribution in [2.75, 3.05) is 26.9 Å². The van der Waals surface area contributed by atoms with E-state index < -0.39 is 0 Å². The maximum Gasteiger partial charge on any atom is 0.0113 e. The van der Waals surface area contributed by atoms with Crippen molar-refractivity contribution in [1.82, 2.24) is 4.90 Å². The van der Waals surface area contributed by atoms with E-state index in [0.29, 0.717) is 4.75 Å². The molecule has 62 valence electrons. The van der Waals surface area contributed by atoms with Crippen LogP contribution >= 0.6 is 11.8 Å². The Morgan fingerprint density at radius 1 is 1.30 bits per heavy atom. The molecule has 0 aromatic rings. The highest BCUT2D eigenvalue weighted by Gasteiger charge is 2.14. The van der Waals surface area contributed by atoms with Gasteiger partial charge in [-0.05, 0) is 33.3 Å². The summed E-state index contributed by atoms with van der Waals surface area (Å²) in [4.78, 5) is 2.23. The van der Waals surface area contributed by atoms with Crippen LogP contribution in [-0.2, 0) is 0 Å². The van der Waals surface area contributed by atoms with Crippen LogP contribution in [0, 0.1) is 0 Å². The van der Waals surface area contributed by atoms with Crippen LogP contribution in [0.3, 0.4) is 0 Å². The third kappa shape index (κ3) is 5.12. The first-order chi connectivity index (χ1) is 4.48. The van der Waals surface area contributed by atoms with Gasteiger partial charge in [-0.25, -0.2) is 0 Å². The average molecular weight is 161 g/mol. The summed E-state index contributed by atoms with van der Waals surface area (Å²) in [6.45, 7) is 5.77. The molecule has 0 saturated heterocycles. The van der Waals surface area contributed by atoms with Gasteiger partial charge >= 0.3 is 0 Å². The monoisotopic (exact) mass is 161 g/mol. The number of thioether (sulfide) groups is 1. The van der Waals surface area contributed by atoms with Crippen LogP contribution in [0.5, 0.6) is 0 Å². The van der Waals surface area contributed by atoms with Crippen LogP contribution in [0.4, 0.5) is 0 Å². The highest BCUT2D eigenvalue weighted by molar-refractivity contribution is 7.99. The van der Waals surface area contributed by atoms with Crippen molar-refractivity contribution in [2.45, 2.75) is 25.0 Å². The molecule has 0 aliphatic rings. The first kappa shape index (κ1) is 10.3. The van der Waals surface area contributed by atoms with Gasteiger partial charge in [-0.2, -0.15) is 11.8 Å². The van der Waals surface area contributed by atoms with Crippen LogP contribution in [0.1, 0.15) is 20.3 Å². The molecule has 0 bridgehead atoms. The van der Waals surface area contributed by atoms with Crippen molar-refractivity contribution in [1.29, 1.82) is 0 Å². The Hall–Kier alpha value is 0.310. The van der Waals surface area contributed by atoms with E-state index in [0.717, 1.165) is 0 Å². The van der Waals surface area contributed by atoms with Crippen molar-refractivity contribution >= 4 is 11.8 Å². The Kier molecular flexibility index (Phi) is 4.37. The Labute approximate surface area is 69.2 Å². The fraction of sp³-hybridized carbons (Fsp3) is 1.00. The van der Waals surface area contributed by atoms with Crippen LogP contribution in [0.25, 0.3) is 0 Å². The summed E-state index contributed by atoms with van der Waals surface area (Å²) in [6.07, 6.45) is 3.44. The lowest BCUT2D eigenvalue weighted by Gasteiger charge is -2.23. The van der Waals surface area contributed by atoms with Gasteiger partial charge in [0.2, 0.25) is 0 Å². The Morgan fingerprint density at radius 3 is 2.10 bits per heavy atom. The molecule has 0 heterocycles. The topological polar surface area (TPSA) is 3.24 Å². The second-order valence-electron chi connectivity index (χ2n) is 3.52. The van der Waals surface area contributed by atoms with Gasteiger partial charge < -0.3 is 4.90 Å². The SMILES string of the molecule is CSC(C)(C)CCN(C)C. The van der Waals surface area contributed by atoms with Crippen LogP contribution < -0.4 is 0 Å².